The summed E-state index contributed by atoms with van der Waals surface area (Å²) in [6.07, 6.45) is 17.9. The van der Waals surface area contributed by atoms with Gasteiger partial charge in [-0.15, -0.1) is 0 Å². The molecule has 0 bridgehead atoms. The van der Waals surface area contributed by atoms with Crippen molar-refractivity contribution in [3.8, 4) is 0 Å². The van der Waals surface area contributed by atoms with Crippen molar-refractivity contribution in [3.05, 3.63) is 0 Å². The van der Waals surface area contributed by atoms with Crippen LogP contribution in [-0.2, 0) is 10.1 Å². The second-order valence-electron chi connectivity index (χ2n) is 7.37. The molecular weight excluding hydrogens is 375 g/mol. The van der Waals surface area contributed by atoms with Gasteiger partial charge in [0.1, 0.15) is 0 Å². The molecule has 1 N–H and O–H groups in total. The van der Waals surface area contributed by atoms with Gasteiger partial charge in [0.05, 0.1) is 10.1 Å². The number of rotatable bonds is 19. The number of hydrogen-bond acceptors (Lipinski definition) is 4. The number of aliphatic hydroxyl groups excluding tert-OH is 1. The molecule has 0 aromatic carbocycles. The fourth-order valence-electron chi connectivity index (χ4n) is 3.31. The van der Waals surface area contributed by atoms with E-state index in [2.05, 4.69) is 6.92 Å². The Morgan fingerprint density at radius 1 is 0.692 bits per heavy atom. The van der Waals surface area contributed by atoms with Gasteiger partial charge < -0.3 is 9.66 Å². The topological polar surface area (TPSA) is 77.4 Å². The molecule has 26 heavy (non-hydrogen) atoms. The van der Waals surface area contributed by atoms with Crippen molar-refractivity contribution in [2.45, 2.75) is 121 Å². The first-order valence-corrected chi connectivity index (χ1v) is 12.0. The van der Waals surface area contributed by atoms with E-state index in [1.54, 1.807) is 0 Å². The summed E-state index contributed by atoms with van der Waals surface area (Å²) >= 11 is 0. The largest absolute Gasteiger partial charge is 1.00 e. The van der Waals surface area contributed by atoms with Crippen LogP contribution in [0.3, 0.4) is 0 Å². The monoisotopic (exact) mass is 416 g/mol. The van der Waals surface area contributed by atoms with Crippen molar-refractivity contribution >= 4 is 10.1 Å². The molecule has 0 aliphatic carbocycles. The van der Waals surface area contributed by atoms with Gasteiger partial charge >= 0.3 is 51.4 Å². The molecule has 1 unspecified atom stereocenters. The zero-order valence-electron chi connectivity index (χ0n) is 17.4. The summed E-state index contributed by atoms with van der Waals surface area (Å²) in [5.74, 6) is 0. The van der Waals surface area contributed by atoms with Crippen LogP contribution in [0.1, 0.15) is 116 Å². The molecule has 0 aliphatic heterocycles. The third-order valence-corrected chi connectivity index (χ3v) is 6.26. The van der Waals surface area contributed by atoms with Crippen molar-refractivity contribution in [1.29, 1.82) is 0 Å². The molecule has 0 aromatic rings. The number of aliphatic hydroxyl groups is 1. The van der Waals surface area contributed by atoms with E-state index >= 15 is 0 Å². The quantitative estimate of drug-likeness (QED) is 0.199. The Morgan fingerprint density at radius 2 is 1.04 bits per heavy atom. The normalized spacial score (nSPS) is 12.7. The Labute approximate surface area is 205 Å². The summed E-state index contributed by atoms with van der Waals surface area (Å²) in [5, 5.41) is 8.02. The Morgan fingerprint density at radius 3 is 1.38 bits per heavy atom. The van der Waals surface area contributed by atoms with Crippen LogP contribution in [-0.4, -0.2) is 29.9 Å². The molecule has 152 valence electrons. The van der Waals surface area contributed by atoms with E-state index in [1.807, 2.05) is 0 Å². The van der Waals surface area contributed by atoms with Crippen LogP contribution in [0.25, 0.3) is 0 Å². The van der Waals surface area contributed by atoms with Gasteiger partial charge in [0.15, 0.2) is 0 Å². The van der Waals surface area contributed by atoms with E-state index in [0.717, 1.165) is 44.9 Å². The fraction of sp³-hybridized carbons (Fsp3) is 1.00. The van der Waals surface area contributed by atoms with Crippen molar-refractivity contribution < 1.29 is 69.5 Å². The maximum atomic E-state index is 11.4. The van der Waals surface area contributed by atoms with Crippen LogP contribution in [0.15, 0.2) is 0 Å². The second kappa shape index (κ2) is 21.2. The summed E-state index contributed by atoms with van der Waals surface area (Å²) < 4.78 is 34.1. The van der Waals surface area contributed by atoms with E-state index in [0.29, 0.717) is 12.8 Å². The van der Waals surface area contributed by atoms with Crippen molar-refractivity contribution in [2.75, 3.05) is 6.61 Å². The molecule has 0 saturated carbocycles. The van der Waals surface area contributed by atoms with E-state index in [9.17, 15) is 13.0 Å². The summed E-state index contributed by atoms with van der Waals surface area (Å²) in [6, 6.07) is 0. The molecule has 0 saturated heterocycles. The molecule has 0 amide bonds. The molecule has 0 aliphatic rings. The predicted molar refractivity (Wildman–Crippen MR) is 105 cm³/mol. The maximum absolute atomic E-state index is 11.4. The van der Waals surface area contributed by atoms with E-state index in [-0.39, 0.29) is 58.0 Å². The van der Waals surface area contributed by atoms with Gasteiger partial charge in [0, 0.05) is 11.9 Å². The van der Waals surface area contributed by atoms with Crippen molar-refractivity contribution in [1.82, 2.24) is 0 Å². The van der Waals surface area contributed by atoms with Crippen LogP contribution in [0, 0.1) is 0 Å². The first kappa shape index (κ1) is 29.7. The van der Waals surface area contributed by atoms with Crippen LogP contribution >= 0.6 is 0 Å². The zero-order chi connectivity index (χ0) is 18.8. The molecule has 0 radical (unpaired) electrons. The Hall–Kier alpha value is 1.51. The van der Waals surface area contributed by atoms with Crippen LogP contribution in [0.4, 0.5) is 0 Å². The molecule has 0 rings (SSSR count). The first-order chi connectivity index (χ1) is 12.0. The zero-order valence-corrected chi connectivity index (χ0v) is 21.3. The standard InChI is InChI=1S/C20H42O4S.K/c1-2-3-4-5-6-7-8-9-10-11-14-17-20(25(22,23)24)18-15-12-13-16-19-21;/h20-21H,2-19H2,1H3,(H,22,23,24);/q;+1/p-1. The van der Waals surface area contributed by atoms with Gasteiger partial charge in [0.25, 0.3) is 0 Å². The third-order valence-electron chi connectivity index (χ3n) is 4.97. The molecule has 4 nitrogen and oxygen atoms in total. The van der Waals surface area contributed by atoms with Crippen LogP contribution in [0.5, 0.6) is 0 Å². The van der Waals surface area contributed by atoms with E-state index in [4.69, 9.17) is 5.11 Å². The smallest absolute Gasteiger partial charge is 0.748 e. The Balaban J connectivity index is 0. The van der Waals surface area contributed by atoms with Gasteiger partial charge in [0.2, 0.25) is 0 Å². The fourth-order valence-corrected chi connectivity index (χ4v) is 4.22. The van der Waals surface area contributed by atoms with Crippen molar-refractivity contribution in [3.63, 3.8) is 0 Å². The third kappa shape index (κ3) is 20.2. The Bertz CT molecular complexity index is 374. The van der Waals surface area contributed by atoms with Gasteiger partial charge in [-0.25, -0.2) is 8.42 Å². The minimum absolute atomic E-state index is 0. The van der Waals surface area contributed by atoms with E-state index < -0.39 is 15.4 Å². The SMILES string of the molecule is CCCCCCCCCCCCCC(CCCCCCO)S(=O)(=O)[O-].[K+]. The maximum Gasteiger partial charge on any atom is 1.00 e. The molecule has 0 spiro atoms. The summed E-state index contributed by atoms with van der Waals surface area (Å²) in [7, 11) is -4.17. The van der Waals surface area contributed by atoms with Gasteiger partial charge in [-0.1, -0.05) is 96.8 Å². The average molecular weight is 417 g/mol. The average Bonchev–Trinajstić information content (AvgIpc) is 2.56. The molecule has 0 fully saturated rings. The molecule has 1 atom stereocenters. The second-order valence-corrected chi connectivity index (χ2v) is 9.02. The van der Waals surface area contributed by atoms with Gasteiger partial charge in [-0.05, 0) is 19.3 Å². The summed E-state index contributed by atoms with van der Waals surface area (Å²) in [6.45, 7) is 2.42. The molecule has 0 heterocycles. The predicted octanol–water partition coefficient (Wildman–Crippen LogP) is 2.55. The minimum atomic E-state index is -4.17. The number of hydrogen-bond donors (Lipinski definition) is 1. The van der Waals surface area contributed by atoms with Crippen molar-refractivity contribution in [2.24, 2.45) is 0 Å². The van der Waals surface area contributed by atoms with Gasteiger partial charge in [-0.3, -0.25) is 0 Å². The van der Waals surface area contributed by atoms with Gasteiger partial charge in [-0.2, -0.15) is 0 Å². The van der Waals surface area contributed by atoms with E-state index in [1.165, 1.54) is 51.4 Å². The van der Waals surface area contributed by atoms with Crippen LogP contribution < -0.4 is 51.4 Å². The first-order valence-electron chi connectivity index (χ1n) is 10.6. The molecule has 6 heteroatoms. The van der Waals surface area contributed by atoms with Crippen LogP contribution in [0.2, 0.25) is 0 Å². The summed E-state index contributed by atoms with van der Waals surface area (Å²) in [4.78, 5) is 0. The molecular formula is C20H41KO4S. The Kier molecular flexibility index (Phi) is 24.2. The minimum Gasteiger partial charge on any atom is -0.748 e. The number of unbranched alkanes of at least 4 members (excludes halogenated alkanes) is 13. The molecule has 0 aromatic heterocycles. The summed E-state index contributed by atoms with van der Waals surface area (Å²) in [5.41, 5.74) is 0.